The lowest BCUT2D eigenvalue weighted by Crippen LogP contribution is -2.61. The molecule has 11 atom stereocenters. The Labute approximate surface area is 435 Å². The van der Waals surface area contributed by atoms with Gasteiger partial charge in [0, 0.05) is 12.8 Å². The predicted octanol–water partition coefficient (Wildman–Crippen LogP) is 9.72. The van der Waals surface area contributed by atoms with Gasteiger partial charge in [0.15, 0.2) is 18.7 Å². The Hall–Kier alpha value is -1.76. The van der Waals surface area contributed by atoms with Gasteiger partial charge >= 0.3 is 11.9 Å². The molecule has 0 aromatic rings. The Bertz CT molecular complexity index is 1300. The Balaban J connectivity index is 1.69. The van der Waals surface area contributed by atoms with E-state index in [1.807, 2.05) is 0 Å². The first kappa shape index (κ1) is 66.4. The molecule has 0 aliphatic carbocycles. The third kappa shape index (κ3) is 31.3. The van der Waals surface area contributed by atoms with Gasteiger partial charge in [-0.1, -0.05) is 206 Å². The summed E-state index contributed by atoms with van der Waals surface area (Å²) >= 11 is 0. The number of ether oxygens (including phenoxy) is 6. The van der Waals surface area contributed by atoms with E-state index in [9.17, 15) is 45.3 Å². The van der Waals surface area contributed by atoms with Crippen molar-refractivity contribution in [2.75, 3.05) is 26.4 Å². The highest BCUT2D eigenvalue weighted by molar-refractivity contribution is 5.70. The van der Waals surface area contributed by atoms with Gasteiger partial charge in [-0.3, -0.25) is 9.59 Å². The van der Waals surface area contributed by atoms with E-state index in [1.165, 1.54) is 148 Å². The largest absolute Gasteiger partial charge is 0.462 e. The highest BCUT2D eigenvalue weighted by Crippen LogP contribution is 2.27. The van der Waals surface area contributed by atoms with E-state index >= 15 is 0 Å². The topological polar surface area (TPSA) is 231 Å². The third-order valence-corrected chi connectivity index (χ3v) is 14.2. The Morgan fingerprint density at radius 1 is 0.431 bits per heavy atom. The molecule has 2 heterocycles. The average molecular weight is 1030 g/mol. The molecule has 15 heteroatoms. The second kappa shape index (κ2) is 44.4. The number of carbonyl (C=O) groups excluding carboxylic acids is 2. The summed E-state index contributed by atoms with van der Waals surface area (Å²) in [6, 6.07) is 0. The maximum absolute atomic E-state index is 13.0. The number of carbonyl (C=O) groups is 2. The summed E-state index contributed by atoms with van der Waals surface area (Å²) in [5, 5.41) is 72.2. The minimum Gasteiger partial charge on any atom is -0.462 e. The SMILES string of the molecule is CCCCC/C=C\CCCCCCCC(=O)OC(COC(=O)CCCCCCCCCCCCCCCCCCCCCCCCCC)COC1OC(COC2OC(CO)C(O)C(O)C2O)C(O)C(O)C1O. The second-order valence-corrected chi connectivity index (χ2v) is 20.8. The molecule has 424 valence electrons. The molecule has 0 amide bonds. The highest BCUT2D eigenvalue weighted by atomic mass is 16.7. The lowest BCUT2D eigenvalue weighted by molar-refractivity contribution is -0.332. The summed E-state index contributed by atoms with van der Waals surface area (Å²) in [4.78, 5) is 25.8. The summed E-state index contributed by atoms with van der Waals surface area (Å²) in [6.07, 6.45) is 29.7. The molecule has 0 bridgehead atoms. The molecule has 0 radical (unpaired) electrons. The number of hydrogen-bond acceptors (Lipinski definition) is 15. The fourth-order valence-corrected chi connectivity index (χ4v) is 9.45. The van der Waals surface area contributed by atoms with Gasteiger partial charge in [0.25, 0.3) is 0 Å². The van der Waals surface area contributed by atoms with Crippen LogP contribution < -0.4 is 0 Å². The van der Waals surface area contributed by atoms with Gasteiger partial charge < -0.3 is 64.2 Å². The summed E-state index contributed by atoms with van der Waals surface area (Å²) < 4.78 is 33.6. The van der Waals surface area contributed by atoms with E-state index in [4.69, 9.17) is 28.4 Å². The van der Waals surface area contributed by atoms with Gasteiger partial charge in [0.05, 0.1) is 19.8 Å². The van der Waals surface area contributed by atoms with E-state index in [1.54, 1.807) is 0 Å². The molecule has 2 saturated heterocycles. The summed E-state index contributed by atoms with van der Waals surface area (Å²) in [5.41, 5.74) is 0. The first-order valence-corrected chi connectivity index (χ1v) is 29.3. The number of aliphatic hydroxyl groups is 7. The number of hydrogen-bond donors (Lipinski definition) is 7. The first-order valence-electron chi connectivity index (χ1n) is 29.3. The molecule has 2 aliphatic rings. The molecule has 2 aliphatic heterocycles. The van der Waals surface area contributed by atoms with E-state index in [-0.39, 0.29) is 26.1 Å². The van der Waals surface area contributed by atoms with E-state index in [2.05, 4.69) is 26.0 Å². The van der Waals surface area contributed by atoms with E-state index < -0.39 is 92.7 Å². The van der Waals surface area contributed by atoms with Crippen molar-refractivity contribution in [3.63, 3.8) is 0 Å². The number of aliphatic hydroxyl groups excluding tert-OH is 7. The molecule has 72 heavy (non-hydrogen) atoms. The maximum atomic E-state index is 13.0. The van der Waals surface area contributed by atoms with Crippen LogP contribution in [0.2, 0.25) is 0 Å². The van der Waals surface area contributed by atoms with E-state index in [0.29, 0.717) is 12.8 Å². The van der Waals surface area contributed by atoms with Crippen molar-refractivity contribution in [1.82, 2.24) is 0 Å². The molecule has 11 unspecified atom stereocenters. The van der Waals surface area contributed by atoms with Crippen molar-refractivity contribution >= 4 is 11.9 Å². The van der Waals surface area contributed by atoms with Crippen LogP contribution in [0.15, 0.2) is 12.2 Å². The average Bonchev–Trinajstić information content (AvgIpc) is 3.37. The minimum atomic E-state index is -1.76. The zero-order valence-corrected chi connectivity index (χ0v) is 45.2. The summed E-state index contributed by atoms with van der Waals surface area (Å²) in [6.45, 7) is 2.60. The van der Waals surface area contributed by atoms with Crippen LogP contribution in [-0.4, -0.2) is 142 Å². The van der Waals surface area contributed by atoms with Crippen molar-refractivity contribution in [3.8, 4) is 0 Å². The normalized spacial score (nSPS) is 25.0. The fraction of sp³-hybridized carbons (Fsp3) is 0.930. The number of unbranched alkanes of at least 4 members (excludes halogenated alkanes) is 31. The van der Waals surface area contributed by atoms with Gasteiger partial charge in [0.1, 0.15) is 55.4 Å². The molecular weight excluding hydrogens is 925 g/mol. The van der Waals surface area contributed by atoms with Gasteiger partial charge in [-0.05, 0) is 38.5 Å². The van der Waals surface area contributed by atoms with Crippen molar-refractivity contribution in [1.29, 1.82) is 0 Å². The monoisotopic (exact) mass is 1030 g/mol. The first-order chi connectivity index (χ1) is 35.0. The van der Waals surface area contributed by atoms with Crippen LogP contribution in [0.25, 0.3) is 0 Å². The Morgan fingerprint density at radius 2 is 0.792 bits per heavy atom. The van der Waals surface area contributed by atoms with Crippen LogP contribution in [0.3, 0.4) is 0 Å². The molecule has 0 aromatic heterocycles. The molecule has 15 nitrogen and oxygen atoms in total. The standard InChI is InChI=1S/C57H106O15/c1-3-5-7-9-11-13-15-17-18-19-20-21-22-23-24-25-26-27-28-30-31-33-35-37-39-48(59)67-42-45(70-49(60)40-38-36-34-32-29-16-14-12-10-8-6-4-2)43-68-56-55(66)53(64)51(62)47(72-56)44-69-57-54(65)52(63)50(61)46(41-58)71-57/h12,14,45-47,50-58,61-66H,3-11,13,15-44H2,1-2H3/b14-12-. The van der Waals surface area contributed by atoms with Crippen LogP contribution in [0.5, 0.6) is 0 Å². The Kier molecular flexibility index (Phi) is 40.9. The van der Waals surface area contributed by atoms with Gasteiger partial charge in [0.2, 0.25) is 0 Å². The fourth-order valence-electron chi connectivity index (χ4n) is 9.45. The van der Waals surface area contributed by atoms with E-state index in [0.717, 1.165) is 57.8 Å². The van der Waals surface area contributed by atoms with Crippen molar-refractivity contribution < 1.29 is 73.8 Å². The molecule has 2 fully saturated rings. The summed E-state index contributed by atoms with van der Waals surface area (Å²) in [5.74, 6) is -0.922. The number of allylic oxidation sites excluding steroid dienone is 2. The van der Waals surface area contributed by atoms with Crippen molar-refractivity contribution in [2.45, 2.75) is 313 Å². The zero-order chi connectivity index (χ0) is 52.4. The minimum absolute atomic E-state index is 0.159. The zero-order valence-electron chi connectivity index (χ0n) is 45.2. The Morgan fingerprint density at radius 3 is 1.25 bits per heavy atom. The van der Waals surface area contributed by atoms with Crippen LogP contribution >= 0.6 is 0 Å². The molecule has 7 N–H and O–H groups in total. The molecule has 0 aromatic carbocycles. The van der Waals surface area contributed by atoms with Crippen LogP contribution in [0.4, 0.5) is 0 Å². The molecule has 0 spiro atoms. The van der Waals surface area contributed by atoms with Gasteiger partial charge in [-0.2, -0.15) is 0 Å². The number of rotatable bonds is 47. The lowest BCUT2D eigenvalue weighted by Gasteiger charge is -2.42. The van der Waals surface area contributed by atoms with Crippen LogP contribution in [-0.2, 0) is 38.0 Å². The predicted molar refractivity (Wildman–Crippen MR) is 280 cm³/mol. The quantitative estimate of drug-likeness (QED) is 0.0171. The van der Waals surface area contributed by atoms with Gasteiger partial charge in [-0.25, -0.2) is 0 Å². The van der Waals surface area contributed by atoms with Crippen molar-refractivity contribution in [2.24, 2.45) is 0 Å². The number of esters is 2. The van der Waals surface area contributed by atoms with Crippen LogP contribution in [0.1, 0.15) is 245 Å². The highest BCUT2D eigenvalue weighted by Gasteiger charge is 2.47. The third-order valence-electron chi connectivity index (χ3n) is 14.2. The maximum Gasteiger partial charge on any atom is 0.306 e. The smallest absolute Gasteiger partial charge is 0.306 e. The molecule has 0 saturated carbocycles. The summed E-state index contributed by atoms with van der Waals surface area (Å²) in [7, 11) is 0. The van der Waals surface area contributed by atoms with Crippen molar-refractivity contribution in [3.05, 3.63) is 12.2 Å². The van der Waals surface area contributed by atoms with Crippen LogP contribution in [0, 0.1) is 0 Å². The van der Waals surface area contributed by atoms with Gasteiger partial charge in [-0.15, -0.1) is 0 Å². The molecular formula is C57H106O15. The molecule has 2 rings (SSSR count). The lowest BCUT2D eigenvalue weighted by atomic mass is 9.98. The second-order valence-electron chi connectivity index (χ2n) is 20.8.